The minimum atomic E-state index is -0.859. The molecule has 90 valence electrons. The van der Waals surface area contributed by atoms with Crippen LogP contribution in [0.1, 0.15) is 17.2 Å². The highest BCUT2D eigenvalue weighted by molar-refractivity contribution is 9.10. The van der Waals surface area contributed by atoms with E-state index in [1.54, 1.807) is 19.2 Å². The third-order valence-corrected chi connectivity index (χ3v) is 3.18. The van der Waals surface area contributed by atoms with Crippen LogP contribution in [0.2, 0.25) is 0 Å². The number of furan rings is 1. The predicted molar refractivity (Wildman–Crippen MR) is 63.7 cm³/mol. The van der Waals surface area contributed by atoms with Crippen LogP contribution >= 0.6 is 15.9 Å². The van der Waals surface area contributed by atoms with Crippen LogP contribution in [-0.2, 0) is 0 Å². The molecule has 0 amide bonds. The van der Waals surface area contributed by atoms with Crippen molar-refractivity contribution in [1.82, 2.24) is 5.32 Å². The van der Waals surface area contributed by atoms with Crippen molar-refractivity contribution in [3.63, 3.8) is 0 Å². The van der Waals surface area contributed by atoms with E-state index in [2.05, 4.69) is 21.2 Å². The monoisotopic (exact) mass is 301 g/mol. The maximum atomic E-state index is 13.7. The fraction of sp³-hybridized carbons (Fsp3) is 0.167. The van der Waals surface area contributed by atoms with Crippen LogP contribution in [-0.4, -0.2) is 7.05 Å². The van der Waals surface area contributed by atoms with Gasteiger partial charge in [0.2, 0.25) is 0 Å². The third-order valence-electron chi connectivity index (χ3n) is 2.54. The van der Waals surface area contributed by atoms with Gasteiger partial charge < -0.3 is 9.73 Å². The Hall–Kier alpha value is -1.20. The maximum absolute atomic E-state index is 13.7. The molecule has 1 heterocycles. The zero-order valence-electron chi connectivity index (χ0n) is 9.01. The molecule has 0 saturated carbocycles. The fourth-order valence-electron chi connectivity index (χ4n) is 1.73. The second kappa shape index (κ2) is 4.98. The van der Waals surface area contributed by atoms with E-state index < -0.39 is 17.7 Å². The van der Waals surface area contributed by atoms with E-state index in [1.165, 1.54) is 12.3 Å². The summed E-state index contributed by atoms with van der Waals surface area (Å²) in [4.78, 5) is 0. The Kier molecular flexibility index (Phi) is 3.59. The van der Waals surface area contributed by atoms with Crippen molar-refractivity contribution < 1.29 is 13.2 Å². The van der Waals surface area contributed by atoms with Gasteiger partial charge in [0.05, 0.1) is 12.3 Å². The number of benzene rings is 1. The summed E-state index contributed by atoms with van der Waals surface area (Å²) in [5, 5.41) is 2.93. The summed E-state index contributed by atoms with van der Waals surface area (Å²) in [6, 6.07) is 5.36. The highest BCUT2D eigenvalue weighted by Gasteiger charge is 2.21. The Bertz CT molecular complexity index is 527. The predicted octanol–water partition coefficient (Wildman–Crippen LogP) is 3.63. The second-order valence-electron chi connectivity index (χ2n) is 3.51. The highest BCUT2D eigenvalue weighted by atomic mass is 79.9. The van der Waals surface area contributed by atoms with Crippen LogP contribution in [0.25, 0.3) is 0 Å². The van der Waals surface area contributed by atoms with E-state index in [9.17, 15) is 8.78 Å². The molecule has 0 aliphatic rings. The van der Waals surface area contributed by atoms with Crippen molar-refractivity contribution in [3.8, 4) is 0 Å². The second-order valence-corrected chi connectivity index (χ2v) is 4.23. The Balaban J connectivity index is 2.50. The lowest BCUT2D eigenvalue weighted by molar-refractivity contribution is 0.483. The van der Waals surface area contributed by atoms with Gasteiger partial charge in [-0.3, -0.25) is 0 Å². The fourth-order valence-corrected chi connectivity index (χ4v) is 2.20. The molecule has 2 nitrogen and oxygen atoms in total. The summed E-state index contributed by atoms with van der Waals surface area (Å²) >= 11 is 3.23. The van der Waals surface area contributed by atoms with Crippen molar-refractivity contribution in [1.29, 1.82) is 0 Å². The lowest BCUT2D eigenvalue weighted by Gasteiger charge is -2.16. The van der Waals surface area contributed by atoms with E-state index in [0.29, 0.717) is 4.67 Å². The molecule has 1 N–H and O–H groups in total. The summed E-state index contributed by atoms with van der Waals surface area (Å²) in [7, 11) is 1.68. The maximum Gasteiger partial charge on any atom is 0.174 e. The van der Waals surface area contributed by atoms with Crippen LogP contribution in [0.4, 0.5) is 8.78 Å². The van der Waals surface area contributed by atoms with Crippen LogP contribution in [0.15, 0.2) is 39.6 Å². The molecular formula is C12H10BrF2NO. The molecule has 1 aromatic heterocycles. The van der Waals surface area contributed by atoms with Gasteiger partial charge in [-0.25, -0.2) is 8.78 Å². The number of hydrogen-bond donors (Lipinski definition) is 1. The normalized spacial score (nSPS) is 12.7. The molecule has 1 unspecified atom stereocenters. The van der Waals surface area contributed by atoms with Crippen LogP contribution in [0.3, 0.4) is 0 Å². The standard InChI is InChI=1S/C12H10BrF2NO/c1-16-11(8-5-6-17-12(8)13)7-3-2-4-9(14)10(7)15/h2-6,11,16H,1H3. The summed E-state index contributed by atoms with van der Waals surface area (Å²) < 4.78 is 32.5. The molecule has 0 fully saturated rings. The SMILES string of the molecule is CNC(c1ccoc1Br)c1cccc(F)c1F. The number of halogens is 3. The van der Waals surface area contributed by atoms with Gasteiger partial charge in [0, 0.05) is 11.1 Å². The van der Waals surface area contributed by atoms with Gasteiger partial charge in [-0.1, -0.05) is 12.1 Å². The largest absolute Gasteiger partial charge is 0.457 e. The summed E-state index contributed by atoms with van der Waals surface area (Å²) in [6.45, 7) is 0. The van der Waals surface area contributed by atoms with Crippen molar-refractivity contribution in [2.75, 3.05) is 7.05 Å². The smallest absolute Gasteiger partial charge is 0.174 e. The average molecular weight is 302 g/mol. The van der Waals surface area contributed by atoms with E-state index in [4.69, 9.17) is 4.42 Å². The van der Waals surface area contributed by atoms with Gasteiger partial charge in [-0.15, -0.1) is 0 Å². The first kappa shape index (κ1) is 12.3. The molecule has 0 aliphatic heterocycles. The van der Waals surface area contributed by atoms with Crippen molar-refractivity contribution in [2.45, 2.75) is 6.04 Å². The van der Waals surface area contributed by atoms with Crippen LogP contribution in [0.5, 0.6) is 0 Å². The van der Waals surface area contributed by atoms with E-state index in [0.717, 1.165) is 11.6 Å². The molecule has 1 atom stereocenters. The summed E-state index contributed by atoms with van der Waals surface area (Å²) in [5.74, 6) is -1.71. The van der Waals surface area contributed by atoms with Gasteiger partial charge in [0.1, 0.15) is 0 Å². The molecule has 2 aromatic rings. The first-order valence-electron chi connectivity index (χ1n) is 4.99. The Morgan fingerprint density at radius 3 is 2.59 bits per heavy atom. The minimum Gasteiger partial charge on any atom is -0.457 e. The van der Waals surface area contributed by atoms with E-state index >= 15 is 0 Å². The topological polar surface area (TPSA) is 25.2 Å². The molecule has 0 saturated heterocycles. The van der Waals surface area contributed by atoms with Crippen LogP contribution < -0.4 is 5.32 Å². The lowest BCUT2D eigenvalue weighted by atomic mass is 10.0. The molecule has 17 heavy (non-hydrogen) atoms. The van der Waals surface area contributed by atoms with Gasteiger partial charge in [-0.05, 0) is 35.1 Å². The molecule has 0 spiro atoms. The van der Waals surface area contributed by atoms with Crippen LogP contribution in [0, 0.1) is 11.6 Å². The van der Waals surface area contributed by atoms with Crippen molar-refractivity contribution >= 4 is 15.9 Å². The average Bonchev–Trinajstić information content (AvgIpc) is 2.72. The number of nitrogens with one attached hydrogen (secondary N) is 1. The third kappa shape index (κ3) is 2.25. The Labute approximate surface area is 106 Å². The number of rotatable bonds is 3. The Morgan fingerprint density at radius 2 is 2.00 bits per heavy atom. The first-order chi connectivity index (χ1) is 8.15. The first-order valence-corrected chi connectivity index (χ1v) is 5.78. The molecule has 5 heteroatoms. The van der Waals surface area contributed by atoms with Gasteiger partial charge in [0.25, 0.3) is 0 Å². The zero-order chi connectivity index (χ0) is 12.4. The van der Waals surface area contributed by atoms with Crippen molar-refractivity contribution in [2.24, 2.45) is 0 Å². The lowest BCUT2D eigenvalue weighted by Crippen LogP contribution is -2.19. The van der Waals surface area contributed by atoms with Gasteiger partial charge in [0.15, 0.2) is 16.3 Å². The van der Waals surface area contributed by atoms with Gasteiger partial charge in [-0.2, -0.15) is 0 Å². The van der Waals surface area contributed by atoms with Crippen molar-refractivity contribution in [3.05, 3.63) is 58.0 Å². The van der Waals surface area contributed by atoms with Gasteiger partial charge >= 0.3 is 0 Å². The molecule has 0 aliphatic carbocycles. The molecular weight excluding hydrogens is 292 g/mol. The van der Waals surface area contributed by atoms with E-state index in [-0.39, 0.29) is 5.56 Å². The molecule has 2 rings (SSSR count). The molecule has 0 bridgehead atoms. The molecule has 1 aromatic carbocycles. The molecule has 0 radical (unpaired) electrons. The number of hydrogen-bond acceptors (Lipinski definition) is 2. The van der Waals surface area contributed by atoms with E-state index in [1.807, 2.05) is 0 Å². The minimum absolute atomic E-state index is 0.245. The zero-order valence-corrected chi connectivity index (χ0v) is 10.6. The highest BCUT2D eigenvalue weighted by Crippen LogP contribution is 2.31. The Morgan fingerprint density at radius 1 is 1.24 bits per heavy atom. The quantitative estimate of drug-likeness (QED) is 0.936. The summed E-state index contributed by atoms with van der Waals surface area (Å²) in [6.07, 6.45) is 1.49. The summed E-state index contributed by atoms with van der Waals surface area (Å²) in [5.41, 5.74) is 0.964.